The molecule has 6 nitrogen and oxygen atoms in total. The molecule has 0 fully saturated rings. The van der Waals surface area contributed by atoms with Crippen LogP contribution in [0.25, 0.3) is 0 Å². The van der Waals surface area contributed by atoms with E-state index in [0.717, 1.165) is 0 Å². The molecular formula is C17H31NO5. The van der Waals surface area contributed by atoms with Crippen LogP contribution >= 0.6 is 0 Å². The molecule has 0 aliphatic carbocycles. The van der Waals surface area contributed by atoms with Gasteiger partial charge in [-0.3, -0.25) is 9.59 Å². The van der Waals surface area contributed by atoms with Crippen LogP contribution in [0, 0.1) is 11.8 Å². The van der Waals surface area contributed by atoms with Gasteiger partial charge in [0.15, 0.2) is 5.78 Å². The lowest BCUT2D eigenvalue weighted by Gasteiger charge is -2.28. The molecule has 0 aliphatic rings. The number of hydrogen-bond acceptors (Lipinski definition) is 5. The van der Waals surface area contributed by atoms with E-state index in [-0.39, 0.29) is 24.1 Å². The molecule has 0 saturated carbocycles. The van der Waals surface area contributed by atoms with Gasteiger partial charge in [0, 0.05) is 13.5 Å². The molecule has 0 unspecified atom stereocenters. The first-order chi connectivity index (χ1) is 10.4. The molecule has 0 aromatic heterocycles. The van der Waals surface area contributed by atoms with Crippen LogP contribution in [0.5, 0.6) is 0 Å². The Morgan fingerprint density at radius 3 is 2.00 bits per heavy atom. The lowest BCUT2D eigenvalue weighted by Crippen LogP contribution is -2.44. The van der Waals surface area contributed by atoms with Crippen LogP contribution in [0.4, 0.5) is 4.79 Å². The highest BCUT2D eigenvalue weighted by atomic mass is 16.6. The van der Waals surface area contributed by atoms with Crippen molar-refractivity contribution in [2.75, 3.05) is 14.2 Å². The highest BCUT2D eigenvalue weighted by Gasteiger charge is 2.30. The minimum atomic E-state index is -0.663. The largest absolute Gasteiger partial charge is 0.469 e. The number of Topliss-reactive ketones (excluding diaryl/α,β-unsaturated/α-hetero) is 1. The SMILES string of the molecule is COC(=O)[C@H](CC(=O)[C@@H](C)N(C)C(=O)OC(C)(C)C)CC(C)C. The van der Waals surface area contributed by atoms with Crippen molar-refractivity contribution in [3.63, 3.8) is 0 Å². The molecule has 0 bridgehead atoms. The Morgan fingerprint density at radius 2 is 1.61 bits per heavy atom. The zero-order valence-electron chi connectivity index (χ0n) is 15.6. The number of hydrogen-bond donors (Lipinski definition) is 0. The number of ether oxygens (including phenoxy) is 2. The van der Waals surface area contributed by atoms with Crippen LogP contribution in [0.3, 0.4) is 0 Å². The number of ketones is 1. The molecule has 0 spiro atoms. The van der Waals surface area contributed by atoms with Crippen LogP contribution in [-0.4, -0.2) is 48.5 Å². The van der Waals surface area contributed by atoms with Gasteiger partial charge in [0.2, 0.25) is 0 Å². The van der Waals surface area contributed by atoms with Gasteiger partial charge in [-0.2, -0.15) is 0 Å². The van der Waals surface area contributed by atoms with E-state index in [1.165, 1.54) is 19.1 Å². The summed E-state index contributed by atoms with van der Waals surface area (Å²) < 4.78 is 10.0. The van der Waals surface area contributed by atoms with Crippen LogP contribution < -0.4 is 0 Å². The lowest BCUT2D eigenvalue weighted by atomic mass is 9.91. The quantitative estimate of drug-likeness (QED) is 0.671. The van der Waals surface area contributed by atoms with E-state index in [0.29, 0.717) is 6.42 Å². The Labute approximate surface area is 139 Å². The van der Waals surface area contributed by atoms with Gasteiger partial charge in [0.1, 0.15) is 5.60 Å². The number of rotatable bonds is 7. The zero-order chi connectivity index (χ0) is 18.4. The van der Waals surface area contributed by atoms with Crippen molar-refractivity contribution < 1.29 is 23.9 Å². The second kappa shape index (κ2) is 8.89. The summed E-state index contributed by atoms with van der Waals surface area (Å²) in [6, 6.07) is -0.663. The Balaban J connectivity index is 4.85. The molecule has 1 amide bonds. The van der Waals surface area contributed by atoms with E-state index in [1.807, 2.05) is 13.8 Å². The molecule has 2 atom stereocenters. The average molecular weight is 329 g/mol. The summed E-state index contributed by atoms with van der Waals surface area (Å²) in [4.78, 5) is 37.5. The topological polar surface area (TPSA) is 72.9 Å². The normalized spacial score (nSPS) is 14.1. The number of amides is 1. The predicted molar refractivity (Wildman–Crippen MR) is 88.0 cm³/mol. The number of carbonyl (C=O) groups excluding carboxylic acids is 3. The van der Waals surface area contributed by atoms with Gasteiger partial charge in [-0.15, -0.1) is 0 Å². The van der Waals surface area contributed by atoms with E-state index < -0.39 is 23.7 Å². The molecule has 23 heavy (non-hydrogen) atoms. The van der Waals surface area contributed by atoms with E-state index in [2.05, 4.69) is 0 Å². The monoisotopic (exact) mass is 329 g/mol. The smallest absolute Gasteiger partial charge is 0.410 e. The Kier molecular flexibility index (Phi) is 8.28. The van der Waals surface area contributed by atoms with Gasteiger partial charge in [0.25, 0.3) is 0 Å². The van der Waals surface area contributed by atoms with Gasteiger partial charge < -0.3 is 14.4 Å². The fourth-order valence-corrected chi connectivity index (χ4v) is 2.12. The van der Waals surface area contributed by atoms with Crippen molar-refractivity contribution in [1.29, 1.82) is 0 Å². The first-order valence-corrected chi connectivity index (χ1v) is 7.95. The van der Waals surface area contributed by atoms with E-state index in [1.54, 1.807) is 27.7 Å². The molecule has 0 heterocycles. The Bertz CT molecular complexity index is 425. The minimum absolute atomic E-state index is 0.0547. The van der Waals surface area contributed by atoms with Gasteiger partial charge >= 0.3 is 12.1 Å². The fourth-order valence-electron chi connectivity index (χ4n) is 2.12. The maximum absolute atomic E-state index is 12.4. The van der Waals surface area contributed by atoms with E-state index in [4.69, 9.17) is 9.47 Å². The third-order valence-electron chi connectivity index (χ3n) is 3.47. The number of methoxy groups -OCH3 is 1. The maximum atomic E-state index is 12.4. The summed E-state index contributed by atoms with van der Waals surface area (Å²) in [5.41, 5.74) is -0.625. The summed E-state index contributed by atoms with van der Waals surface area (Å²) in [5, 5.41) is 0. The summed E-state index contributed by atoms with van der Waals surface area (Å²) in [7, 11) is 2.84. The number of likely N-dealkylation sites (N-methyl/N-ethyl adjacent to an activating group) is 1. The first kappa shape index (κ1) is 21.4. The predicted octanol–water partition coefficient (Wildman–Crippen LogP) is 3.04. The van der Waals surface area contributed by atoms with E-state index >= 15 is 0 Å². The van der Waals surface area contributed by atoms with Crippen molar-refractivity contribution in [2.45, 2.75) is 66.0 Å². The molecule has 0 radical (unpaired) electrons. The highest BCUT2D eigenvalue weighted by Crippen LogP contribution is 2.20. The van der Waals surface area contributed by atoms with Crippen molar-refractivity contribution in [1.82, 2.24) is 4.90 Å². The molecule has 0 N–H and O–H groups in total. The molecular weight excluding hydrogens is 298 g/mol. The van der Waals surface area contributed by atoms with Crippen LogP contribution in [0.2, 0.25) is 0 Å². The lowest BCUT2D eigenvalue weighted by molar-refractivity contribution is -0.148. The summed E-state index contributed by atoms with van der Waals surface area (Å²) in [6.45, 7) is 10.9. The van der Waals surface area contributed by atoms with Gasteiger partial charge in [-0.1, -0.05) is 13.8 Å². The maximum Gasteiger partial charge on any atom is 0.410 e. The summed E-state index contributed by atoms with van der Waals surface area (Å²) >= 11 is 0. The standard InChI is InChI=1S/C17H31NO5/c1-11(2)9-13(15(20)22-8)10-14(19)12(3)18(7)16(21)23-17(4,5)6/h11-13H,9-10H2,1-8H3/t12-,13+/m1/s1. The number of esters is 1. The van der Waals surface area contributed by atoms with Crippen LogP contribution in [0.1, 0.15) is 54.4 Å². The summed E-state index contributed by atoms with van der Waals surface area (Å²) in [6.07, 6.45) is 0.0669. The van der Waals surface area contributed by atoms with Gasteiger partial charge in [-0.25, -0.2) is 4.79 Å². The molecule has 134 valence electrons. The second-order valence-electron chi connectivity index (χ2n) is 7.29. The van der Waals surface area contributed by atoms with Crippen molar-refractivity contribution >= 4 is 17.8 Å². The zero-order valence-corrected chi connectivity index (χ0v) is 15.6. The molecule has 0 rings (SSSR count). The van der Waals surface area contributed by atoms with Gasteiger partial charge in [-0.05, 0) is 40.0 Å². The Morgan fingerprint density at radius 1 is 1.09 bits per heavy atom. The molecule has 6 heteroatoms. The van der Waals surface area contributed by atoms with Crippen molar-refractivity contribution in [3.8, 4) is 0 Å². The Hall–Kier alpha value is -1.59. The van der Waals surface area contributed by atoms with Crippen molar-refractivity contribution in [3.05, 3.63) is 0 Å². The van der Waals surface area contributed by atoms with Gasteiger partial charge in [0.05, 0.1) is 19.1 Å². The third-order valence-corrected chi connectivity index (χ3v) is 3.47. The molecule has 0 aromatic rings. The highest BCUT2D eigenvalue weighted by molar-refractivity contribution is 5.90. The number of nitrogens with zero attached hydrogens (tertiary/aromatic N) is 1. The van der Waals surface area contributed by atoms with E-state index in [9.17, 15) is 14.4 Å². The van der Waals surface area contributed by atoms with Crippen LogP contribution in [-0.2, 0) is 19.1 Å². The third kappa shape index (κ3) is 8.00. The van der Waals surface area contributed by atoms with Crippen LogP contribution in [0.15, 0.2) is 0 Å². The van der Waals surface area contributed by atoms with Crippen molar-refractivity contribution in [2.24, 2.45) is 11.8 Å². The average Bonchev–Trinajstić information content (AvgIpc) is 2.41. The minimum Gasteiger partial charge on any atom is -0.469 e. The fraction of sp³-hybridized carbons (Fsp3) is 0.824. The second-order valence-corrected chi connectivity index (χ2v) is 7.29. The summed E-state index contributed by atoms with van der Waals surface area (Å²) in [5.74, 6) is -0.790. The molecule has 0 aliphatic heterocycles. The molecule has 0 aromatic carbocycles. The molecule has 0 saturated heterocycles. The number of carbonyl (C=O) groups is 3. The first-order valence-electron chi connectivity index (χ1n) is 7.95.